The molecule has 1 heterocycles. The van der Waals surface area contributed by atoms with Gasteiger partial charge in [0.1, 0.15) is 0 Å². The molecule has 0 bridgehead atoms. The molecule has 0 saturated carbocycles. The zero-order chi connectivity index (χ0) is 9.68. The minimum Gasteiger partial charge on any atom is -0.461 e. The first-order valence-corrected chi connectivity index (χ1v) is 4.01. The largest absolute Gasteiger partial charge is 0.461 e. The monoisotopic (exact) mass is 185 g/mol. The van der Waals surface area contributed by atoms with Crippen LogP contribution < -0.4 is 5.73 Å². The molecule has 6 nitrogen and oxygen atoms in total. The second-order valence-electron chi connectivity index (χ2n) is 2.49. The number of nitrogens with zero attached hydrogens (tertiary/aromatic N) is 2. The van der Waals surface area contributed by atoms with E-state index in [9.17, 15) is 4.79 Å². The maximum atomic E-state index is 11.1. The molecule has 0 unspecified atom stereocenters. The van der Waals surface area contributed by atoms with Crippen molar-refractivity contribution in [1.29, 1.82) is 0 Å². The van der Waals surface area contributed by atoms with Gasteiger partial charge in [0, 0.05) is 0 Å². The standard InChI is InChI=1S/C7H11N3O3/c1-2-3-4-12-7(11)5-6(8)10-13-9-5/h2-4H2,1H3,(H2,8,10). The van der Waals surface area contributed by atoms with Crippen molar-refractivity contribution in [2.75, 3.05) is 12.3 Å². The maximum absolute atomic E-state index is 11.1. The summed E-state index contributed by atoms with van der Waals surface area (Å²) >= 11 is 0. The highest BCUT2D eigenvalue weighted by molar-refractivity contribution is 5.91. The molecule has 0 aromatic carbocycles. The third-order valence-corrected chi connectivity index (χ3v) is 1.44. The second-order valence-corrected chi connectivity index (χ2v) is 2.49. The number of hydrogen-bond acceptors (Lipinski definition) is 6. The Hall–Kier alpha value is -1.59. The Morgan fingerprint density at radius 1 is 1.62 bits per heavy atom. The lowest BCUT2D eigenvalue weighted by molar-refractivity contribution is 0.0488. The third kappa shape index (κ3) is 2.43. The minimum absolute atomic E-state index is 0.0403. The van der Waals surface area contributed by atoms with Gasteiger partial charge in [0.25, 0.3) is 0 Å². The van der Waals surface area contributed by atoms with Gasteiger partial charge in [0.2, 0.25) is 11.5 Å². The number of hydrogen-bond donors (Lipinski definition) is 1. The number of anilines is 1. The van der Waals surface area contributed by atoms with E-state index >= 15 is 0 Å². The van der Waals surface area contributed by atoms with Gasteiger partial charge in [-0.3, -0.25) is 0 Å². The van der Waals surface area contributed by atoms with Gasteiger partial charge in [-0.1, -0.05) is 13.3 Å². The van der Waals surface area contributed by atoms with Gasteiger partial charge in [0.05, 0.1) is 6.61 Å². The Morgan fingerprint density at radius 2 is 2.38 bits per heavy atom. The maximum Gasteiger partial charge on any atom is 0.364 e. The van der Waals surface area contributed by atoms with Crippen LogP contribution >= 0.6 is 0 Å². The van der Waals surface area contributed by atoms with Gasteiger partial charge in [-0.15, -0.1) is 0 Å². The number of rotatable bonds is 4. The summed E-state index contributed by atoms with van der Waals surface area (Å²) in [6.07, 6.45) is 1.77. The number of carbonyl (C=O) groups is 1. The number of nitrogen functional groups attached to an aromatic ring is 1. The molecule has 1 aromatic rings. The van der Waals surface area contributed by atoms with E-state index in [0.717, 1.165) is 12.8 Å². The van der Waals surface area contributed by atoms with E-state index < -0.39 is 5.97 Å². The molecular weight excluding hydrogens is 174 g/mol. The van der Waals surface area contributed by atoms with Crippen LogP contribution in [-0.2, 0) is 4.74 Å². The lowest BCUT2D eigenvalue weighted by Gasteiger charge is -1.99. The molecule has 0 radical (unpaired) electrons. The van der Waals surface area contributed by atoms with Crippen LogP contribution in [0.3, 0.4) is 0 Å². The summed E-state index contributed by atoms with van der Waals surface area (Å²) in [5, 5.41) is 6.57. The summed E-state index contributed by atoms with van der Waals surface area (Å²) in [6.45, 7) is 2.36. The lowest BCUT2D eigenvalue weighted by Crippen LogP contribution is -2.09. The van der Waals surface area contributed by atoms with Crippen molar-refractivity contribution in [2.24, 2.45) is 0 Å². The Bertz CT molecular complexity index is 284. The van der Waals surface area contributed by atoms with Gasteiger partial charge in [-0.2, -0.15) is 0 Å². The third-order valence-electron chi connectivity index (χ3n) is 1.44. The first-order valence-electron chi connectivity index (χ1n) is 4.01. The number of esters is 1. The Kier molecular flexibility index (Phi) is 3.24. The molecule has 0 spiro atoms. The van der Waals surface area contributed by atoms with E-state index in [2.05, 4.69) is 14.9 Å². The van der Waals surface area contributed by atoms with E-state index in [4.69, 9.17) is 10.5 Å². The fraction of sp³-hybridized carbons (Fsp3) is 0.571. The molecule has 0 atom stereocenters. The molecule has 0 aliphatic rings. The van der Waals surface area contributed by atoms with Crippen LogP contribution in [0, 0.1) is 0 Å². The van der Waals surface area contributed by atoms with Crippen molar-refractivity contribution < 1.29 is 14.2 Å². The SMILES string of the molecule is CCCCOC(=O)c1nonc1N. The number of ether oxygens (including phenoxy) is 1. The van der Waals surface area contributed by atoms with Gasteiger partial charge < -0.3 is 10.5 Å². The topological polar surface area (TPSA) is 91.2 Å². The van der Waals surface area contributed by atoms with E-state index in [0.29, 0.717) is 6.61 Å². The first-order chi connectivity index (χ1) is 6.25. The summed E-state index contributed by atoms with van der Waals surface area (Å²) in [5.41, 5.74) is 5.22. The van der Waals surface area contributed by atoms with E-state index in [1.165, 1.54) is 0 Å². The van der Waals surface area contributed by atoms with Crippen molar-refractivity contribution in [1.82, 2.24) is 10.3 Å². The summed E-state index contributed by atoms with van der Waals surface area (Å²) in [6, 6.07) is 0. The predicted octanol–water partition coefficient (Wildman–Crippen LogP) is 0.609. The summed E-state index contributed by atoms with van der Waals surface area (Å²) in [5.74, 6) is -0.631. The van der Waals surface area contributed by atoms with Crippen molar-refractivity contribution in [3.8, 4) is 0 Å². The Labute approximate surface area is 75.0 Å². The highest BCUT2D eigenvalue weighted by atomic mass is 16.6. The average molecular weight is 185 g/mol. The first kappa shape index (κ1) is 9.50. The van der Waals surface area contributed by atoms with E-state index in [-0.39, 0.29) is 11.5 Å². The lowest BCUT2D eigenvalue weighted by atomic mass is 10.3. The quantitative estimate of drug-likeness (QED) is 0.545. The molecule has 2 N–H and O–H groups in total. The van der Waals surface area contributed by atoms with Crippen LogP contribution in [0.5, 0.6) is 0 Å². The molecule has 6 heteroatoms. The fourth-order valence-corrected chi connectivity index (χ4v) is 0.715. The summed E-state index contributed by atoms with van der Waals surface area (Å²) < 4.78 is 9.07. The van der Waals surface area contributed by atoms with Crippen molar-refractivity contribution in [3.05, 3.63) is 5.69 Å². The van der Waals surface area contributed by atoms with Gasteiger partial charge in [0.15, 0.2) is 0 Å². The zero-order valence-electron chi connectivity index (χ0n) is 7.32. The molecule has 1 aromatic heterocycles. The molecule has 0 fully saturated rings. The van der Waals surface area contributed by atoms with Gasteiger partial charge >= 0.3 is 5.97 Å². The van der Waals surface area contributed by atoms with Crippen LogP contribution in [0.15, 0.2) is 4.63 Å². The summed E-state index contributed by atoms with van der Waals surface area (Å²) in [7, 11) is 0. The Balaban J connectivity index is 2.45. The number of aromatic nitrogens is 2. The molecule has 0 amide bonds. The van der Waals surface area contributed by atoms with Crippen LogP contribution in [0.25, 0.3) is 0 Å². The van der Waals surface area contributed by atoms with Crippen LogP contribution in [0.1, 0.15) is 30.3 Å². The number of unbranched alkanes of at least 4 members (excludes halogenated alkanes) is 1. The van der Waals surface area contributed by atoms with Crippen LogP contribution in [0.4, 0.5) is 5.82 Å². The van der Waals surface area contributed by atoms with E-state index in [1.54, 1.807) is 0 Å². The predicted molar refractivity (Wildman–Crippen MR) is 43.9 cm³/mol. The highest BCUT2D eigenvalue weighted by Crippen LogP contribution is 2.05. The average Bonchev–Trinajstić information content (AvgIpc) is 2.52. The van der Waals surface area contributed by atoms with Gasteiger partial charge in [-0.25, -0.2) is 9.42 Å². The van der Waals surface area contributed by atoms with Crippen molar-refractivity contribution in [2.45, 2.75) is 19.8 Å². The van der Waals surface area contributed by atoms with Gasteiger partial charge in [-0.05, 0) is 16.7 Å². The highest BCUT2D eigenvalue weighted by Gasteiger charge is 2.16. The van der Waals surface area contributed by atoms with Crippen LogP contribution in [0.2, 0.25) is 0 Å². The zero-order valence-corrected chi connectivity index (χ0v) is 7.32. The van der Waals surface area contributed by atoms with Crippen molar-refractivity contribution >= 4 is 11.8 Å². The number of nitrogens with two attached hydrogens (primary N) is 1. The molecule has 1 rings (SSSR count). The fourth-order valence-electron chi connectivity index (χ4n) is 0.715. The molecule has 0 aliphatic heterocycles. The summed E-state index contributed by atoms with van der Waals surface area (Å²) in [4.78, 5) is 11.1. The second kappa shape index (κ2) is 4.44. The Morgan fingerprint density at radius 3 is 2.92 bits per heavy atom. The van der Waals surface area contributed by atoms with Crippen molar-refractivity contribution in [3.63, 3.8) is 0 Å². The molecule has 0 saturated heterocycles. The molecule has 72 valence electrons. The molecule has 13 heavy (non-hydrogen) atoms. The molecular formula is C7H11N3O3. The normalized spacial score (nSPS) is 9.92. The number of carbonyl (C=O) groups excluding carboxylic acids is 1. The minimum atomic E-state index is -0.591. The van der Waals surface area contributed by atoms with E-state index in [1.807, 2.05) is 6.92 Å². The van der Waals surface area contributed by atoms with Crippen LogP contribution in [-0.4, -0.2) is 22.9 Å². The smallest absolute Gasteiger partial charge is 0.364 e. The molecule has 0 aliphatic carbocycles.